The number of aromatic carboxylic acids is 1. The Kier molecular flexibility index (Phi) is 8.92. The van der Waals surface area contributed by atoms with Crippen LogP contribution in [-0.4, -0.2) is 46.9 Å². The van der Waals surface area contributed by atoms with E-state index in [9.17, 15) is 19.5 Å². The number of likely N-dealkylation sites (tertiary alicyclic amines) is 1. The molecule has 0 spiro atoms. The normalized spacial score (nSPS) is 13.7. The number of benzene rings is 3. The number of thiophene rings is 1. The minimum absolute atomic E-state index is 0.0359. The van der Waals surface area contributed by atoms with Gasteiger partial charge in [-0.25, -0.2) is 4.79 Å². The second-order valence-corrected chi connectivity index (χ2v) is 12.2. The van der Waals surface area contributed by atoms with Crippen LogP contribution in [0.5, 0.6) is 0 Å². The smallest absolute Gasteiger partial charge is 0.348 e. The van der Waals surface area contributed by atoms with Crippen LogP contribution < -0.4 is 4.90 Å². The van der Waals surface area contributed by atoms with Crippen molar-refractivity contribution in [3.8, 4) is 10.4 Å². The van der Waals surface area contributed by atoms with Gasteiger partial charge in [0.25, 0.3) is 11.8 Å². The molecule has 1 saturated heterocycles. The average molecular weight is 648 g/mol. The van der Waals surface area contributed by atoms with Gasteiger partial charge in [0.1, 0.15) is 4.88 Å². The molecule has 0 unspecified atom stereocenters. The summed E-state index contributed by atoms with van der Waals surface area (Å²) in [5.41, 5.74) is 1.66. The van der Waals surface area contributed by atoms with E-state index in [-0.39, 0.29) is 32.1 Å². The maximum absolute atomic E-state index is 14.1. The lowest BCUT2D eigenvalue weighted by atomic mass is 9.99. The van der Waals surface area contributed by atoms with Crippen LogP contribution in [0.3, 0.4) is 0 Å². The first-order valence-corrected chi connectivity index (χ1v) is 14.9. The molecule has 2 heterocycles. The molecule has 210 valence electrons. The summed E-state index contributed by atoms with van der Waals surface area (Å²) in [7, 11) is 0. The largest absolute Gasteiger partial charge is 0.477 e. The SMILES string of the molecule is O=C(O)c1sc(-c2ccccc2)cc1N(C(=O)c1ccc(Cl)cc1Cl)C1CCN(C(=O)c2ccc(Cl)cc2Cl)CC1. The van der Waals surface area contributed by atoms with E-state index in [1.54, 1.807) is 29.2 Å². The maximum atomic E-state index is 14.1. The molecule has 0 atom stereocenters. The third-order valence-electron chi connectivity index (χ3n) is 6.88. The van der Waals surface area contributed by atoms with Gasteiger partial charge in [-0.2, -0.15) is 0 Å². The molecule has 1 N–H and O–H groups in total. The van der Waals surface area contributed by atoms with Crippen molar-refractivity contribution in [2.45, 2.75) is 18.9 Å². The van der Waals surface area contributed by atoms with Crippen LogP contribution in [0.4, 0.5) is 5.69 Å². The van der Waals surface area contributed by atoms with Gasteiger partial charge in [0, 0.05) is 34.1 Å². The first-order valence-electron chi connectivity index (χ1n) is 12.6. The number of carbonyl (C=O) groups is 3. The van der Waals surface area contributed by atoms with E-state index in [2.05, 4.69) is 0 Å². The summed E-state index contributed by atoms with van der Waals surface area (Å²) in [6.07, 6.45) is 0.812. The highest BCUT2D eigenvalue weighted by atomic mass is 35.5. The van der Waals surface area contributed by atoms with Gasteiger partial charge in [-0.3, -0.25) is 9.59 Å². The Bertz CT molecular complexity index is 1630. The second-order valence-electron chi connectivity index (χ2n) is 9.44. The molecule has 1 aliphatic heterocycles. The predicted octanol–water partition coefficient (Wildman–Crippen LogP) is 8.68. The Labute approximate surface area is 260 Å². The summed E-state index contributed by atoms with van der Waals surface area (Å²) in [6, 6.07) is 20.0. The molecule has 0 aliphatic carbocycles. The van der Waals surface area contributed by atoms with Crippen LogP contribution in [0.1, 0.15) is 43.2 Å². The minimum atomic E-state index is -1.14. The predicted molar refractivity (Wildman–Crippen MR) is 165 cm³/mol. The Morgan fingerprint density at radius 2 is 1.39 bits per heavy atom. The number of amides is 2. The lowest BCUT2D eigenvalue weighted by Gasteiger charge is -2.38. The van der Waals surface area contributed by atoms with Gasteiger partial charge in [0.2, 0.25) is 0 Å². The van der Waals surface area contributed by atoms with Crippen molar-refractivity contribution in [3.63, 3.8) is 0 Å². The Balaban J connectivity index is 1.51. The monoisotopic (exact) mass is 646 g/mol. The number of hydrogen-bond donors (Lipinski definition) is 1. The molecule has 5 rings (SSSR count). The molecule has 6 nitrogen and oxygen atoms in total. The molecule has 41 heavy (non-hydrogen) atoms. The average Bonchev–Trinajstić information content (AvgIpc) is 3.39. The quantitative estimate of drug-likeness (QED) is 0.227. The third kappa shape index (κ3) is 6.25. The van der Waals surface area contributed by atoms with Crippen molar-refractivity contribution in [3.05, 3.63) is 109 Å². The summed E-state index contributed by atoms with van der Waals surface area (Å²) in [4.78, 5) is 43.7. The fourth-order valence-corrected chi connectivity index (χ4v) is 6.86. The van der Waals surface area contributed by atoms with Gasteiger partial charge in [-0.05, 0) is 60.9 Å². The molecule has 3 aromatic carbocycles. The first kappa shape index (κ1) is 29.4. The van der Waals surface area contributed by atoms with Crippen LogP contribution in [0.15, 0.2) is 72.8 Å². The maximum Gasteiger partial charge on any atom is 0.348 e. The molecule has 1 aromatic heterocycles. The molecule has 0 radical (unpaired) electrons. The summed E-state index contributed by atoms with van der Waals surface area (Å²) < 4.78 is 0. The highest BCUT2D eigenvalue weighted by Crippen LogP contribution is 2.40. The van der Waals surface area contributed by atoms with Crippen molar-refractivity contribution >= 4 is 81.2 Å². The van der Waals surface area contributed by atoms with E-state index >= 15 is 0 Å². The number of rotatable bonds is 6. The van der Waals surface area contributed by atoms with Gasteiger partial charge in [0.15, 0.2) is 0 Å². The Morgan fingerprint density at radius 3 is 1.95 bits per heavy atom. The van der Waals surface area contributed by atoms with Gasteiger partial charge in [-0.15, -0.1) is 11.3 Å². The van der Waals surface area contributed by atoms with E-state index in [4.69, 9.17) is 46.4 Å². The number of carboxylic acid groups (broad SMARTS) is 1. The summed E-state index contributed by atoms with van der Waals surface area (Å²) in [6.45, 7) is 0.664. The molecule has 1 aliphatic rings. The first-order chi connectivity index (χ1) is 19.6. The zero-order valence-electron chi connectivity index (χ0n) is 21.3. The van der Waals surface area contributed by atoms with Crippen molar-refractivity contribution in [2.75, 3.05) is 18.0 Å². The highest BCUT2D eigenvalue weighted by Gasteiger charge is 2.36. The van der Waals surface area contributed by atoms with Crippen molar-refractivity contribution in [1.82, 2.24) is 4.90 Å². The number of carbonyl (C=O) groups excluding carboxylic acids is 2. The number of piperidine rings is 1. The van der Waals surface area contributed by atoms with Crippen LogP contribution in [0.2, 0.25) is 20.1 Å². The number of hydrogen-bond acceptors (Lipinski definition) is 4. The minimum Gasteiger partial charge on any atom is -0.477 e. The highest BCUT2D eigenvalue weighted by molar-refractivity contribution is 7.18. The van der Waals surface area contributed by atoms with Crippen LogP contribution in [0, 0.1) is 0 Å². The lowest BCUT2D eigenvalue weighted by molar-refractivity contribution is 0.0700. The van der Waals surface area contributed by atoms with E-state index in [1.807, 2.05) is 30.3 Å². The zero-order valence-corrected chi connectivity index (χ0v) is 25.2. The summed E-state index contributed by atoms with van der Waals surface area (Å²) >= 11 is 25.9. The van der Waals surface area contributed by atoms with E-state index in [0.29, 0.717) is 46.4 Å². The van der Waals surface area contributed by atoms with Crippen LogP contribution >= 0.6 is 57.7 Å². The van der Waals surface area contributed by atoms with Gasteiger partial charge < -0.3 is 14.9 Å². The van der Waals surface area contributed by atoms with Crippen LogP contribution in [-0.2, 0) is 0 Å². The van der Waals surface area contributed by atoms with Crippen molar-refractivity contribution in [2.24, 2.45) is 0 Å². The molecule has 0 saturated carbocycles. The molecule has 0 bridgehead atoms. The second kappa shape index (κ2) is 12.4. The van der Waals surface area contributed by atoms with Crippen molar-refractivity contribution in [1.29, 1.82) is 0 Å². The number of carboxylic acids is 1. The van der Waals surface area contributed by atoms with Crippen LogP contribution in [0.25, 0.3) is 10.4 Å². The summed E-state index contributed by atoms with van der Waals surface area (Å²) in [5.74, 6) is -1.83. The van der Waals surface area contributed by atoms with E-state index in [0.717, 1.165) is 16.9 Å². The Hall–Kier alpha value is -3.07. The fourth-order valence-electron chi connectivity index (χ4n) is 4.88. The zero-order chi connectivity index (χ0) is 29.3. The van der Waals surface area contributed by atoms with E-state index < -0.39 is 17.9 Å². The molecule has 4 aromatic rings. The molecule has 2 amide bonds. The fraction of sp³-hybridized carbons (Fsp3) is 0.167. The number of nitrogens with zero attached hydrogens (tertiary/aromatic N) is 2. The molecular weight excluding hydrogens is 626 g/mol. The molecule has 1 fully saturated rings. The van der Waals surface area contributed by atoms with E-state index in [1.165, 1.54) is 23.1 Å². The van der Waals surface area contributed by atoms with Gasteiger partial charge in [0.05, 0.1) is 26.9 Å². The standard InChI is InChI=1S/C30H22Cl4N2O4S/c31-18-6-8-21(23(33)14-18)28(37)35-12-10-20(11-13-35)36(29(38)22-9-7-19(32)15-24(22)34)25-16-26(41-27(25)30(39)40)17-4-2-1-3-5-17/h1-9,14-16,20H,10-13H2,(H,39,40). The third-order valence-corrected chi connectivity index (χ3v) is 9.14. The number of halogens is 4. The number of anilines is 1. The Morgan fingerprint density at radius 1 is 0.805 bits per heavy atom. The van der Waals surface area contributed by atoms with Crippen molar-refractivity contribution < 1.29 is 19.5 Å². The topological polar surface area (TPSA) is 77.9 Å². The van der Waals surface area contributed by atoms with Gasteiger partial charge in [-0.1, -0.05) is 76.7 Å². The summed E-state index contributed by atoms with van der Waals surface area (Å²) in [5, 5.41) is 11.4. The van der Waals surface area contributed by atoms with Gasteiger partial charge >= 0.3 is 5.97 Å². The molecular formula is C30H22Cl4N2O4S. The molecule has 11 heteroatoms. The lowest BCUT2D eigenvalue weighted by Crippen LogP contribution is -2.49.